The van der Waals surface area contributed by atoms with E-state index in [1.54, 1.807) is 6.20 Å². The summed E-state index contributed by atoms with van der Waals surface area (Å²) in [7, 11) is 0. The molecule has 0 amide bonds. The minimum atomic E-state index is 0.537. The van der Waals surface area contributed by atoms with Gasteiger partial charge >= 0.3 is 0 Å². The number of halogens is 1. The zero-order chi connectivity index (χ0) is 12.4. The number of anilines is 1. The van der Waals surface area contributed by atoms with Crippen molar-refractivity contribution in [2.75, 3.05) is 5.32 Å². The summed E-state index contributed by atoms with van der Waals surface area (Å²) in [6.45, 7) is 7.10. The van der Waals surface area contributed by atoms with E-state index in [1.807, 2.05) is 24.3 Å². The van der Waals surface area contributed by atoms with Gasteiger partial charge in [-0.05, 0) is 44.0 Å². The third-order valence-corrected chi connectivity index (χ3v) is 4.01. The summed E-state index contributed by atoms with van der Waals surface area (Å²) in [5, 5.41) is 3.90. The van der Waals surface area contributed by atoms with Crippen LogP contribution in [0.15, 0.2) is 18.3 Å². The van der Waals surface area contributed by atoms with Crippen LogP contribution in [0.5, 0.6) is 0 Å². The quantitative estimate of drug-likeness (QED) is 0.837. The van der Waals surface area contributed by atoms with E-state index in [-0.39, 0.29) is 0 Å². The van der Waals surface area contributed by atoms with E-state index in [4.69, 9.17) is 11.6 Å². The maximum Gasteiger partial charge on any atom is 0.152 e. The Balaban J connectivity index is 2.15. The van der Waals surface area contributed by atoms with Crippen molar-refractivity contribution in [1.82, 2.24) is 4.98 Å². The first kappa shape index (κ1) is 12.4. The van der Waals surface area contributed by atoms with Gasteiger partial charge in [0.1, 0.15) is 0 Å². The lowest BCUT2D eigenvalue weighted by Crippen LogP contribution is -2.02. The summed E-state index contributed by atoms with van der Waals surface area (Å²) < 4.78 is 0. The van der Waals surface area contributed by atoms with Crippen LogP contribution >= 0.6 is 22.9 Å². The number of hydrogen-bond acceptors (Lipinski definition) is 3. The van der Waals surface area contributed by atoms with Crippen LogP contribution in [-0.4, -0.2) is 4.98 Å². The van der Waals surface area contributed by atoms with Crippen molar-refractivity contribution in [2.24, 2.45) is 0 Å². The Hall–Kier alpha value is -1.06. The molecule has 0 aliphatic carbocycles. The van der Waals surface area contributed by atoms with E-state index in [0.29, 0.717) is 5.15 Å². The van der Waals surface area contributed by atoms with Crippen molar-refractivity contribution in [3.8, 4) is 0 Å². The number of aromatic nitrogens is 1. The predicted octanol–water partition coefficient (Wildman–Crippen LogP) is 4.33. The first-order valence-corrected chi connectivity index (χ1v) is 6.68. The Morgan fingerprint density at radius 2 is 2.12 bits per heavy atom. The molecule has 17 heavy (non-hydrogen) atoms. The standard InChI is InChI=1S/C13H15ClN2S/c1-8-4-5-15-13(14)12(8)16-7-11-6-9(2)17-10(11)3/h4-6,16H,7H2,1-3H3. The number of thiophene rings is 1. The molecule has 4 heteroatoms. The highest BCUT2D eigenvalue weighted by Gasteiger charge is 2.07. The lowest BCUT2D eigenvalue weighted by molar-refractivity contribution is 1.12. The van der Waals surface area contributed by atoms with Gasteiger partial charge in [0, 0.05) is 22.5 Å². The lowest BCUT2D eigenvalue weighted by atomic mass is 10.2. The zero-order valence-electron chi connectivity index (χ0n) is 10.2. The highest BCUT2D eigenvalue weighted by molar-refractivity contribution is 7.12. The summed E-state index contributed by atoms with van der Waals surface area (Å²) in [5.74, 6) is 0. The van der Waals surface area contributed by atoms with Crippen molar-refractivity contribution in [2.45, 2.75) is 27.3 Å². The molecule has 0 aromatic carbocycles. The molecular formula is C13H15ClN2S. The molecule has 0 fully saturated rings. The third kappa shape index (κ3) is 2.79. The van der Waals surface area contributed by atoms with Crippen LogP contribution in [0.1, 0.15) is 20.9 Å². The van der Waals surface area contributed by atoms with Gasteiger partial charge in [0.15, 0.2) is 5.15 Å². The Labute approximate surface area is 111 Å². The van der Waals surface area contributed by atoms with Gasteiger partial charge in [-0.2, -0.15) is 0 Å². The van der Waals surface area contributed by atoms with Crippen LogP contribution in [-0.2, 0) is 6.54 Å². The molecule has 0 bridgehead atoms. The lowest BCUT2D eigenvalue weighted by Gasteiger charge is -2.10. The Bertz CT molecular complexity index is 514. The SMILES string of the molecule is Cc1cc(CNc2c(C)ccnc2Cl)c(C)s1. The van der Waals surface area contributed by atoms with Crippen molar-refractivity contribution in [1.29, 1.82) is 0 Å². The number of nitrogens with one attached hydrogen (secondary N) is 1. The number of hydrogen-bond donors (Lipinski definition) is 1. The normalized spacial score (nSPS) is 10.6. The molecule has 2 rings (SSSR count). The summed E-state index contributed by atoms with van der Waals surface area (Å²) in [6, 6.07) is 4.17. The molecule has 0 atom stereocenters. The van der Waals surface area contributed by atoms with E-state index in [1.165, 1.54) is 15.3 Å². The average molecular weight is 267 g/mol. The Kier molecular flexibility index (Phi) is 3.69. The molecule has 0 radical (unpaired) electrons. The molecule has 0 aliphatic rings. The smallest absolute Gasteiger partial charge is 0.152 e. The van der Waals surface area contributed by atoms with Gasteiger partial charge in [-0.15, -0.1) is 11.3 Å². The Morgan fingerprint density at radius 1 is 1.35 bits per heavy atom. The van der Waals surface area contributed by atoms with E-state index in [0.717, 1.165) is 17.8 Å². The fourth-order valence-corrected chi connectivity index (χ4v) is 3.00. The summed E-state index contributed by atoms with van der Waals surface area (Å²) in [5.41, 5.74) is 3.37. The fraction of sp³-hybridized carbons (Fsp3) is 0.308. The van der Waals surface area contributed by atoms with Crippen molar-refractivity contribution < 1.29 is 0 Å². The summed E-state index contributed by atoms with van der Waals surface area (Å²) in [6.07, 6.45) is 1.73. The average Bonchev–Trinajstić information content (AvgIpc) is 2.57. The predicted molar refractivity (Wildman–Crippen MR) is 75.1 cm³/mol. The molecule has 2 nitrogen and oxygen atoms in total. The molecule has 90 valence electrons. The molecule has 0 saturated carbocycles. The van der Waals surface area contributed by atoms with Gasteiger partial charge < -0.3 is 5.32 Å². The maximum absolute atomic E-state index is 6.07. The van der Waals surface area contributed by atoms with Gasteiger partial charge in [-0.25, -0.2) is 4.98 Å². The number of nitrogens with zero attached hydrogens (tertiary/aromatic N) is 1. The first-order chi connectivity index (χ1) is 8.08. The van der Waals surface area contributed by atoms with Crippen LogP contribution in [0.4, 0.5) is 5.69 Å². The Morgan fingerprint density at radius 3 is 2.71 bits per heavy atom. The van der Waals surface area contributed by atoms with Crippen LogP contribution < -0.4 is 5.32 Å². The highest BCUT2D eigenvalue weighted by atomic mass is 35.5. The first-order valence-electron chi connectivity index (χ1n) is 5.49. The van der Waals surface area contributed by atoms with E-state index in [2.05, 4.69) is 30.2 Å². The van der Waals surface area contributed by atoms with Crippen LogP contribution in [0, 0.1) is 20.8 Å². The van der Waals surface area contributed by atoms with Crippen LogP contribution in [0.25, 0.3) is 0 Å². The van der Waals surface area contributed by atoms with Crippen molar-refractivity contribution in [3.63, 3.8) is 0 Å². The monoisotopic (exact) mass is 266 g/mol. The van der Waals surface area contributed by atoms with E-state index in [9.17, 15) is 0 Å². The summed E-state index contributed by atoms with van der Waals surface area (Å²) in [4.78, 5) is 6.78. The minimum Gasteiger partial charge on any atom is -0.378 e. The minimum absolute atomic E-state index is 0.537. The van der Waals surface area contributed by atoms with Gasteiger partial charge in [-0.1, -0.05) is 11.6 Å². The van der Waals surface area contributed by atoms with Crippen LogP contribution in [0.2, 0.25) is 5.15 Å². The number of pyridine rings is 1. The molecule has 2 aromatic rings. The largest absolute Gasteiger partial charge is 0.378 e. The van der Waals surface area contributed by atoms with Crippen molar-refractivity contribution >= 4 is 28.6 Å². The highest BCUT2D eigenvalue weighted by Crippen LogP contribution is 2.25. The molecular weight excluding hydrogens is 252 g/mol. The molecule has 1 N–H and O–H groups in total. The van der Waals surface area contributed by atoms with Crippen molar-refractivity contribution in [3.05, 3.63) is 44.4 Å². The van der Waals surface area contributed by atoms with Gasteiger partial charge in [0.2, 0.25) is 0 Å². The molecule has 0 saturated heterocycles. The molecule has 2 heterocycles. The van der Waals surface area contributed by atoms with Crippen LogP contribution in [0.3, 0.4) is 0 Å². The molecule has 0 spiro atoms. The maximum atomic E-state index is 6.07. The van der Waals surface area contributed by atoms with Gasteiger partial charge in [0.25, 0.3) is 0 Å². The summed E-state index contributed by atoms with van der Waals surface area (Å²) >= 11 is 7.89. The zero-order valence-corrected chi connectivity index (χ0v) is 11.7. The molecule has 0 unspecified atom stereocenters. The molecule has 2 aromatic heterocycles. The number of rotatable bonds is 3. The fourth-order valence-electron chi connectivity index (χ4n) is 1.78. The van der Waals surface area contributed by atoms with E-state index >= 15 is 0 Å². The van der Waals surface area contributed by atoms with Gasteiger partial charge in [0.05, 0.1) is 5.69 Å². The topological polar surface area (TPSA) is 24.9 Å². The second kappa shape index (κ2) is 5.07. The molecule has 0 aliphatic heterocycles. The second-order valence-electron chi connectivity index (χ2n) is 4.09. The third-order valence-electron chi connectivity index (χ3n) is 2.71. The van der Waals surface area contributed by atoms with E-state index < -0.39 is 0 Å². The number of aryl methyl sites for hydroxylation is 3. The second-order valence-corrected chi connectivity index (χ2v) is 5.90. The van der Waals surface area contributed by atoms with Gasteiger partial charge in [-0.3, -0.25) is 0 Å².